The minimum atomic E-state index is -0.497. The van der Waals surface area contributed by atoms with Gasteiger partial charge in [-0.05, 0) is 30.2 Å². The van der Waals surface area contributed by atoms with Gasteiger partial charge in [0.2, 0.25) is 0 Å². The van der Waals surface area contributed by atoms with Crippen LogP contribution in [0.3, 0.4) is 0 Å². The standard InChI is InChI=1S/C17H17ClN2O4/c1-12-5-3-4-6-16(12)24-11-17(21)19(2)10-13-9-14(20(22)23)7-8-15(13)18/h3-9H,10-11H2,1-2H3. The zero-order chi connectivity index (χ0) is 17.7. The molecule has 0 saturated heterocycles. The van der Waals surface area contributed by atoms with Crippen molar-refractivity contribution in [3.8, 4) is 5.75 Å². The van der Waals surface area contributed by atoms with Crippen LogP contribution in [0.15, 0.2) is 42.5 Å². The predicted molar refractivity (Wildman–Crippen MR) is 91.3 cm³/mol. The van der Waals surface area contributed by atoms with Crippen LogP contribution in [0.4, 0.5) is 5.69 Å². The lowest BCUT2D eigenvalue weighted by Crippen LogP contribution is -2.31. The van der Waals surface area contributed by atoms with E-state index in [0.29, 0.717) is 16.3 Å². The van der Waals surface area contributed by atoms with E-state index in [2.05, 4.69) is 0 Å². The Morgan fingerprint density at radius 3 is 2.67 bits per heavy atom. The second-order valence-electron chi connectivity index (χ2n) is 5.34. The van der Waals surface area contributed by atoms with Crippen molar-refractivity contribution in [3.05, 3.63) is 68.7 Å². The number of halogens is 1. The van der Waals surface area contributed by atoms with Crippen LogP contribution in [0.1, 0.15) is 11.1 Å². The van der Waals surface area contributed by atoms with Crippen molar-refractivity contribution in [2.24, 2.45) is 0 Å². The molecule has 6 nitrogen and oxygen atoms in total. The van der Waals surface area contributed by atoms with Crippen LogP contribution in [0.25, 0.3) is 0 Å². The monoisotopic (exact) mass is 348 g/mol. The van der Waals surface area contributed by atoms with Crippen molar-refractivity contribution >= 4 is 23.2 Å². The van der Waals surface area contributed by atoms with Crippen LogP contribution in [0.2, 0.25) is 5.02 Å². The molecule has 2 aromatic carbocycles. The van der Waals surface area contributed by atoms with Gasteiger partial charge in [-0.1, -0.05) is 29.8 Å². The number of non-ortho nitro benzene ring substituents is 1. The molecule has 2 rings (SSSR count). The molecule has 0 atom stereocenters. The molecule has 0 aliphatic heterocycles. The van der Waals surface area contributed by atoms with Crippen molar-refractivity contribution in [2.75, 3.05) is 13.7 Å². The maximum atomic E-state index is 12.2. The molecule has 0 aliphatic carbocycles. The summed E-state index contributed by atoms with van der Waals surface area (Å²) >= 11 is 6.05. The van der Waals surface area contributed by atoms with Crippen LogP contribution in [-0.2, 0) is 11.3 Å². The van der Waals surface area contributed by atoms with Crippen molar-refractivity contribution in [3.63, 3.8) is 0 Å². The van der Waals surface area contributed by atoms with Gasteiger partial charge in [0, 0.05) is 30.7 Å². The molecule has 0 N–H and O–H groups in total. The van der Waals surface area contributed by atoms with Crippen molar-refractivity contribution in [2.45, 2.75) is 13.5 Å². The molecule has 1 amide bonds. The van der Waals surface area contributed by atoms with Gasteiger partial charge < -0.3 is 9.64 Å². The molecule has 0 aliphatic rings. The lowest BCUT2D eigenvalue weighted by atomic mass is 10.2. The molecule has 0 unspecified atom stereocenters. The number of likely N-dealkylation sites (N-methyl/N-ethyl adjacent to an activating group) is 1. The van der Waals surface area contributed by atoms with Gasteiger partial charge in [-0.25, -0.2) is 0 Å². The van der Waals surface area contributed by atoms with E-state index in [1.54, 1.807) is 13.1 Å². The fourth-order valence-corrected chi connectivity index (χ4v) is 2.28. The third-order valence-corrected chi connectivity index (χ3v) is 3.89. The van der Waals surface area contributed by atoms with Crippen LogP contribution in [0.5, 0.6) is 5.75 Å². The van der Waals surface area contributed by atoms with E-state index in [9.17, 15) is 14.9 Å². The van der Waals surface area contributed by atoms with Gasteiger partial charge in [0.05, 0.1) is 4.92 Å². The Kier molecular flexibility index (Phi) is 5.76. The minimum absolute atomic E-state index is 0.0635. The molecule has 0 spiro atoms. The summed E-state index contributed by atoms with van der Waals surface area (Å²) in [5, 5.41) is 11.2. The highest BCUT2D eigenvalue weighted by Crippen LogP contribution is 2.23. The summed E-state index contributed by atoms with van der Waals surface area (Å²) < 4.78 is 5.52. The van der Waals surface area contributed by atoms with Crippen LogP contribution in [-0.4, -0.2) is 29.4 Å². The lowest BCUT2D eigenvalue weighted by molar-refractivity contribution is -0.384. The molecule has 0 heterocycles. The highest BCUT2D eigenvalue weighted by molar-refractivity contribution is 6.31. The summed E-state index contributed by atoms with van der Waals surface area (Å²) in [6.07, 6.45) is 0. The summed E-state index contributed by atoms with van der Waals surface area (Å²) in [6, 6.07) is 11.6. The SMILES string of the molecule is Cc1ccccc1OCC(=O)N(C)Cc1cc([N+](=O)[O-])ccc1Cl. The normalized spacial score (nSPS) is 10.3. The van der Waals surface area contributed by atoms with Crippen LogP contribution in [0, 0.1) is 17.0 Å². The average Bonchev–Trinajstić information content (AvgIpc) is 2.55. The maximum Gasteiger partial charge on any atom is 0.269 e. The van der Waals surface area contributed by atoms with Gasteiger partial charge >= 0.3 is 0 Å². The minimum Gasteiger partial charge on any atom is -0.484 e. The molecule has 0 bridgehead atoms. The van der Waals surface area contributed by atoms with Gasteiger partial charge in [0.15, 0.2) is 6.61 Å². The first-order valence-corrected chi connectivity index (χ1v) is 7.61. The lowest BCUT2D eigenvalue weighted by Gasteiger charge is -2.18. The van der Waals surface area contributed by atoms with E-state index in [1.807, 2.05) is 25.1 Å². The van der Waals surface area contributed by atoms with Gasteiger partial charge in [0.25, 0.3) is 11.6 Å². The second kappa shape index (κ2) is 7.79. The number of carbonyl (C=O) groups excluding carboxylic acids is 1. The number of hydrogen-bond acceptors (Lipinski definition) is 4. The Bertz CT molecular complexity index is 764. The van der Waals surface area contributed by atoms with E-state index in [0.717, 1.165) is 5.56 Å². The highest BCUT2D eigenvalue weighted by atomic mass is 35.5. The Morgan fingerprint density at radius 2 is 2.00 bits per heavy atom. The third kappa shape index (κ3) is 4.45. The largest absolute Gasteiger partial charge is 0.484 e. The number of aryl methyl sites for hydroxylation is 1. The fraction of sp³-hybridized carbons (Fsp3) is 0.235. The first kappa shape index (κ1) is 17.7. The number of carbonyl (C=O) groups is 1. The zero-order valence-electron chi connectivity index (χ0n) is 13.4. The number of ether oxygens (including phenoxy) is 1. The number of nitro benzene ring substituents is 1. The summed E-state index contributed by atoms with van der Waals surface area (Å²) in [7, 11) is 1.60. The van der Waals surface area contributed by atoms with Crippen LogP contribution < -0.4 is 4.74 Å². The van der Waals surface area contributed by atoms with E-state index >= 15 is 0 Å². The second-order valence-corrected chi connectivity index (χ2v) is 5.74. The van der Waals surface area contributed by atoms with E-state index in [4.69, 9.17) is 16.3 Å². The number of para-hydroxylation sites is 1. The number of rotatable bonds is 6. The Hall–Kier alpha value is -2.60. The van der Waals surface area contributed by atoms with Crippen LogP contribution >= 0.6 is 11.6 Å². The molecular formula is C17H17ClN2O4. The van der Waals surface area contributed by atoms with Crippen molar-refractivity contribution < 1.29 is 14.5 Å². The smallest absolute Gasteiger partial charge is 0.269 e. The van der Waals surface area contributed by atoms with E-state index in [1.165, 1.54) is 23.1 Å². The topological polar surface area (TPSA) is 72.7 Å². The summed E-state index contributed by atoms with van der Waals surface area (Å²) in [5.74, 6) is 0.397. The fourth-order valence-electron chi connectivity index (χ4n) is 2.11. The number of hydrogen-bond donors (Lipinski definition) is 0. The van der Waals surface area contributed by atoms with Gasteiger partial charge in [0.1, 0.15) is 5.75 Å². The molecule has 0 aromatic heterocycles. The average molecular weight is 349 g/mol. The molecule has 2 aromatic rings. The summed E-state index contributed by atoms with van der Waals surface area (Å²) in [4.78, 5) is 23.9. The number of nitro groups is 1. The molecule has 7 heteroatoms. The first-order chi connectivity index (χ1) is 11.4. The molecular weight excluding hydrogens is 332 g/mol. The number of amides is 1. The molecule has 0 radical (unpaired) electrons. The molecule has 24 heavy (non-hydrogen) atoms. The Labute approximate surface area is 144 Å². The first-order valence-electron chi connectivity index (χ1n) is 7.23. The van der Waals surface area contributed by atoms with E-state index < -0.39 is 4.92 Å². The number of benzene rings is 2. The Balaban J connectivity index is 2.00. The summed E-state index contributed by atoms with van der Waals surface area (Å²) in [5.41, 5.74) is 1.39. The molecule has 0 fully saturated rings. The highest BCUT2D eigenvalue weighted by Gasteiger charge is 2.15. The third-order valence-electron chi connectivity index (χ3n) is 3.52. The quantitative estimate of drug-likeness (QED) is 0.590. The molecule has 0 saturated carbocycles. The van der Waals surface area contributed by atoms with Gasteiger partial charge in [-0.3, -0.25) is 14.9 Å². The zero-order valence-corrected chi connectivity index (χ0v) is 14.1. The maximum absolute atomic E-state index is 12.2. The van der Waals surface area contributed by atoms with Crippen molar-refractivity contribution in [1.82, 2.24) is 4.90 Å². The van der Waals surface area contributed by atoms with Gasteiger partial charge in [-0.15, -0.1) is 0 Å². The number of nitrogens with zero attached hydrogens (tertiary/aromatic N) is 2. The Morgan fingerprint density at radius 1 is 1.29 bits per heavy atom. The molecule has 126 valence electrons. The predicted octanol–water partition coefficient (Wildman–Crippen LogP) is 3.59. The van der Waals surface area contributed by atoms with E-state index in [-0.39, 0.29) is 24.7 Å². The van der Waals surface area contributed by atoms with Crippen molar-refractivity contribution in [1.29, 1.82) is 0 Å². The summed E-state index contributed by atoms with van der Waals surface area (Å²) in [6.45, 7) is 1.94. The van der Waals surface area contributed by atoms with Gasteiger partial charge in [-0.2, -0.15) is 0 Å².